The van der Waals surface area contributed by atoms with Gasteiger partial charge in [0.15, 0.2) is 0 Å². The fourth-order valence-electron chi connectivity index (χ4n) is 1.46. The second-order valence-electron chi connectivity index (χ2n) is 3.23. The molecule has 0 saturated carbocycles. The number of pyridine rings is 1. The normalized spacial score (nSPS) is 16.6. The number of aryl methyl sites for hydroxylation is 2. The van der Waals surface area contributed by atoms with Crippen molar-refractivity contribution in [3.05, 3.63) is 23.5 Å². The quantitative estimate of drug-likeness (QED) is 0.744. The van der Waals surface area contributed by atoms with Crippen molar-refractivity contribution in [3.8, 4) is 0 Å². The Morgan fingerprint density at radius 3 is 2.21 bits per heavy atom. The third-order valence-corrected chi connectivity index (χ3v) is 4.59. The lowest BCUT2D eigenvalue weighted by Gasteiger charge is -2.06. The minimum atomic E-state index is 1.08. The first-order valence-electron chi connectivity index (χ1n) is 4.80. The zero-order valence-corrected chi connectivity index (χ0v) is 9.88. The zero-order chi connectivity index (χ0) is 9.80. The van der Waals surface area contributed by atoms with Crippen LogP contribution in [0.3, 0.4) is 0 Å². The van der Waals surface area contributed by atoms with Gasteiger partial charge in [-0.15, -0.1) is 0 Å². The van der Waals surface area contributed by atoms with E-state index in [0.717, 1.165) is 12.8 Å². The van der Waals surface area contributed by atoms with Gasteiger partial charge >= 0.3 is 0 Å². The van der Waals surface area contributed by atoms with Crippen LogP contribution in [0.2, 0.25) is 0 Å². The molecule has 1 N–H and O–H groups in total. The van der Waals surface area contributed by atoms with E-state index in [1.807, 2.05) is 28.6 Å². The van der Waals surface area contributed by atoms with Gasteiger partial charge in [-0.25, -0.2) is 0 Å². The van der Waals surface area contributed by atoms with Crippen LogP contribution in [0.25, 0.3) is 0 Å². The minimum Gasteiger partial charge on any atom is -0.388 e. The third kappa shape index (κ3) is 2.58. The van der Waals surface area contributed by atoms with Crippen molar-refractivity contribution in [1.82, 2.24) is 4.98 Å². The maximum Gasteiger partial charge on any atom is 0.0436 e. The molecular weight excluding hydrogens is 212 g/mol. The van der Waals surface area contributed by atoms with Gasteiger partial charge in [0.1, 0.15) is 0 Å². The molecule has 2 heterocycles. The molecule has 0 fully saturated rings. The number of hydrogen-bond acceptors (Lipinski definition) is 4. The molecule has 0 saturated heterocycles. The Kier molecular flexibility index (Phi) is 3.59. The molecule has 0 amide bonds. The molecule has 1 aromatic rings. The highest BCUT2D eigenvalue weighted by Gasteiger charge is 2.05. The molecule has 0 aromatic carbocycles. The van der Waals surface area contributed by atoms with Crippen LogP contribution in [0.1, 0.15) is 11.4 Å². The standard InChI is InChI=1S/C10H14N2S2/c1-11-10-6-8-2-4-13-14-5-3-9(7-10)12-8/h6-7H,2-5H2,1H3,(H,11,12). The average Bonchev–Trinajstić information content (AvgIpc) is 2.29. The van der Waals surface area contributed by atoms with E-state index in [1.165, 1.54) is 28.6 Å². The molecule has 1 aliphatic heterocycles. The van der Waals surface area contributed by atoms with Crippen molar-refractivity contribution >= 4 is 27.3 Å². The molecule has 0 unspecified atom stereocenters. The fourth-order valence-corrected chi connectivity index (χ4v) is 3.49. The molecule has 1 aromatic heterocycles. The van der Waals surface area contributed by atoms with E-state index >= 15 is 0 Å². The van der Waals surface area contributed by atoms with Gasteiger partial charge in [0, 0.05) is 35.6 Å². The summed E-state index contributed by atoms with van der Waals surface area (Å²) in [7, 11) is 5.88. The van der Waals surface area contributed by atoms with Gasteiger partial charge in [-0.2, -0.15) is 0 Å². The molecule has 76 valence electrons. The lowest BCUT2D eigenvalue weighted by atomic mass is 10.2. The Hall–Kier alpha value is -0.350. The second kappa shape index (κ2) is 4.94. The van der Waals surface area contributed by atoms with Crippen molar-refractivity contribution in [2.24, 2.45) is 0 Å². The molecular formula is C10H14N2S2. The Morgan fingerprint density at radius 1 is 1.14 bits per heavy atom. The number of anilines is 1. The highest BCUT2D eigenvalue weighted by Crippen LogP contribution is 2.25. The Balaban J connectivity index is 2.27. The van der Waals surface area contributed by atoms with E-state index in [1.54, 1.807) is 0 Å². The van der Waals surface area contributed by atoms with Gasteiger partial charge in [-0.05, 0) is 25.0 Å². The van der Waals surface area contributed by atoms with Gasteiger partial charge in [0.2, 0.25) is 0 Å². The van der Waals surface area contributed by atoms with Gasteiger partial charge in [0.05, 0.1) is 0 Å². The smallest absolute Gasteiger partial charge is 0.0436 e. The predicted octanol–water partition coefficient (Wildman–Crippen LogP) is 2.60. The summed E-state index contributed by atoms with van der Waals surface area (Å²) in [6, 6.07) is 4.31. The fraction of sp³-hybridized carbons (Fsp3) is 0.500. The van der Waals surface area contributed by atoms with Crippen LogP contribution in [0.15, 0.2) is 12.1 Å². The lowest BCUT2D eigenvalue weighted by Crippen LogP contribution is -2.00. The summed E-state index contributed by atoms with van der Waals surface area (Å²) >= 11 is 0. The topological polar surface area (TPSA) is 24.9 Å². The first-order valence-corrected chi connectivity index (χ1v) is 7.29. The second-order valence-corrected chi connectivity index (χ2v) is 5.93. The molecule has 2 nitrogen and oxygen atoms in total. The van der Waals surface area contributed by atoms with Gasteiger partial charge in [0.25, 0.3) is 0 Å². The first kappa shape index (κ1) is 10.2. The van der Waals surface area contributed by atoms with Crippen LogP contribution < -0.4 is 5.32 Å². The van der Waals surface area contributed by atoms with E-state index in [4.69, 9.17) is 0 Å². The Morgan fingerprint density at radius 2 is 1.71 bits per heavy atom. The first-order chi connectivity index (χ1) is 6.88. The van der Waals surface area contributed by atoms with Crippen molar-refractivity contribution in [1.29, 1.82) is 0 Å². The molecule has 0 atom stereocenters. The monoisotopic (exact) mass is 226 g/mol. The molecule has 14 heavy (non-hydrogen) atoms. The zero-order valence-electron chi connectivity index (χ0n) is 8.25. The van der Waals surface area contributed by atoms with Crippen molar-refractivity contribution in [2.75, 3.05) is 23.9 Å². The van der Waals surface area contributed by atoms with E-state index in [2.05, 4.69) is 22.4 Å². The molecule has 0 radical (unpaired) electrons. The van der Waals surface area contributed by atoms with Gasteiger partial charge in [-0.1, -0.05) is 21.6 Å². The van der Waals surface area contributed by atoms with Crippen molar-refractivity contribution < 1.29 is 0 Å². The van der Waals surface area contributed by atoms with E-state index in [0.29, 0.717) is 0 Å². The van der Waals surface area contributed by atoms with Crippen LogP contribution in [0.4, 0.5) is 5.69 Å². The number of fused-ring (bicyclic) bond motifs is 2. The van der Waals surface area contributed by atoms with E-state index < -0.39 is 0 Å². The van der Waals surface area contributed by atoms with E-state index in [9.17, 15) is 0 Å². The summed E-state index contributed by atoms with van der Waals surface area (Å²) in [5.41, 5.74) is 3.64. The number of nitrogens with one attached hydrogen (secondary N) is 1. The summed E-state index contributed by atoms with van der Waals surface area (Å²) in [6.45, 7) is 0. The van der Waals surface area contributed by atoms with Crippen LogP contribution in [-0.4, -0.2) is 23.5 Å². The highest BCUT2D eigenvalue weighted by atomic mass is 33.1. The number of nitrogens with zero attached hydrogens (tertiary/aromatic N) is 1. The summed E-state index contributed by atoms with van der Waals surface area (Å²) in [4.78, 5) is 4.63. The van der Waals surface area contributed by atoms with E-state index in [-0.39, 0.29) is 0 Å². The van der Waals surface area contributed by atoms with Crippen molar-refractivity contribution in [2.45, 2.75) is 12.8 Å². The summed E-state index contributed by atoms with van der Waals surface area (Å²) < 4.78 is 0. The van der Waals surface area contributed by atoms with Gasteiger partial charge < -0.3 is 5.32 Å². The summed E-state index contributed by atoms with van der Waals surface area (Å²) in [5.74, 6) is 2.34. The number of hydrogen-bond donors (Lipinski definition) is 1. The number of aromatic nitrogens is 1. The molecule has 2 rings (SSSR count). The maximum atomic E-state index is 4.63. The maximum absolute atomic E-state index is 4.63. The SMILES string of the molecule is CNc1cc2nc(c1)CCSSCC2. The average molecular weight is 226 g/mol. The largest absolute Gasteiger partial charge is 0.388 e. The predicted molar refractivity (Wildman–Crippen MR) is 66.1 cm³/mol. The summed E-state index contributed by atoms with van der Waals surface area (Å²) in [6.07, 6.45) is 2.17. The van der Waals surface area contributed by atoms with Gasteiger partial charge in [-0.3, -0.25) is 4.98 Å². The molecule has 2 bridgehead atoms. The van der Waals surface area contributed by atoms with Crippen molar-refractivity contribution in [3.63, 3.8) is 0 Å². The Bertz CT molecular complexity index is 289. The van der Waals surface area contributed by atoms with Crippen LogP contribution >= 0.6 is 21.6 Å². The van der Waals surface area contributed by atoms with Crippen LogP contribution in [-0.2, 0) is 12.8 Å². The Labute approximate surface area is 92.7 Å². The lowest BCUT2D eigenvalue weighted by molar-refractivity contribution is 0.970. The third-order valence-electron chi connectivity index (χ3n) is 2.19. The molecule has 0 aliphatic carbocycles. The van der Waals surface area contributed by atoms with Crippen LogP contribution in [0, 0.1) is 0 Å². The molecule has 0 spiro atoms. The molecule has 4 heteroatoms. The number of rotatable bonds is 1. The van der Waals surface area contributed by atoms with Crippen LogP contribution in [0.5, 0.6) is 0 Å². The highest BCUT2D eigenvalue weighted by molar-refractivity contribution is 8.76. The molecule has 1 aliphatic rings. The summed E-state index contributed by atoms with van der Waals surface area (Å²) in [5, 5.41) is 3.19. The minimum absolute atomic E-state index is 1.08.